The first-order chi connectivity index (χ1) is 8.78. The molecule has 1 fully saturated rings. The van der Waals surface area contributed by atoms with E-state index < -0.39 is 10.0 Å². The molecule has 0 bridgehead atoms. The Morgan fingerprint density at radius 2 is 2.00 bits per heavy atom. The first kappa shape index (κ1) is 14.5. The van der Waals surface area contributed by atoms with Crippen LogP contribution < -0.4 is 5.73 Å². The number of hydrogen-bond acceptors (Lipinski definition) is 4. The van der Waals surface area contributed by atoms with Gasteiger partial charge in [-0.25, -0.2) is 13.4 Å². The van der Waals surface area contributed by atoms with Crippen LogP contribution in [0.15, 0.2) is 11.2 Å². The number of aryl methyl sites for hydroxylation is 2. The highest BCUT2D eigenvalue weighted by molar-refractivity contribution is 7.89. The van der Waals surface area contributed by atoms with Crippen LogP contribution in [0.25, 0.3) is 0 Å². The Balaban J connectivity index is 2.18. The van der Waals surface area contributed by atoms with Crippen molar-refractivity contribution in [1.82, 2.24) is 13.9 Å². The van der Waals surface area contributed by atoms with Gasteiger partial charge in [0.05, 0.1) is 0 Å². The van der Waals surface area contributed by atoms with Crippen LogP contribution in [0.1, 0.15) is 25.6 Å². The van der Waals surface area contributed by atoms with Crippen LogP contribution >= 0.6 is 0 Å². The number of sulfonamides is 1. The summed E-state index contributed by atoms with van der Waals surface area (Å²) < 4.78 is 28.2. The fourth-order valence-electron chi connectivity index (χ4n) is 2.25. The lowest BCUT2D eigenvalue weighted by Crippen LogP contribution is -2.44. The predicted octanol–water partition coefficient (Wildman–Crippen LogP) is 0.478. The van der Waals surface area contributed by atoms with Gasteiger partial charge in [-0.3, -0.25) is 0 Å². The van der Waals surface area contributed by atoms with Crippen LogP contribution in [0.2, 0.25) is 0 Å². The molecular formula is C12H22N4O2S. The van der Waals surface area contributed by atoms with Gasteiger partial charge in [0, 0.05) is 26.3 Å². The van der Waals surface area contributed by atoms with Crippen molar-refractivity contribution in [2.45, 2.75) is 31.7 Å². The number of piperidine rings is 1. The van der Waals surface area contributed by atoms with Gasteiger partial charge in [-0.05, 0) is 31.7 Å². The molecule has 0 saturated carbocycles. The van der Waals surface area contributed by atoms with E-state index in [2.05, 4.69) is 11.9 Å². The van der Waals surface area contributed by atoms with E-state index >= 15 is 0 Å². The molecule has 0 atom stereocenters. The summed E-state index contributed by atoms with van der Waals surface area (Å²) in [5, 5.41) is 0.142. The molecule has 0 amide bonds. The Bertz CT molecular complexity index is 537. The zero-order chi connectivity index (χ0) is 14.3. The Morgan fingerprint density at radius 3 is 2.42 bits per heavy atom. The maximum Gasteiger partial charge on any atom is 0.262 e. The van der Waals surface area contributed by atoms with E-state index in [1.54, 1.807) is 24.7 Å². The number of hydrogen-bond donors (Lipinski definition) is 1. The molecule has 1 aromatic rings. The van der Waals surface area contributed by atoms with Gasteiger partial charge in [0.15, 0.2) is 5.03 Å². The van der Waals surface area contributed by atoms with Crippen molar-refractivity contribution in [2.75, 3.05) is 19.6 Å². The SMILES string of the molecule is Cc1nc(S(=O)(=O)N2CCC(C)(CN)CC2)cn1C. The Morgan fingerprint density at radius 1 is 1.42 bits per heavy atom. The van der Waals surface area contributed by atoms with Crippen LogP contribution in [-0.4, -0.2) is 41.9 Å². The van der Waals surface area contributed by atoms with Crippen molar-refractivity contribution < 1.29 is 8.42 Å². The number of rotatable bonds is 3. The molecule has 2 N–H and O–H groups in total. The van der Waals surface area contributed by atoms with Gasteiger partial charge in [-0.1, -0.05) is 6.92 Å². The second kappa shape index (κ2) is 4.88. The lowest BCUT2D eigenvalue weighted by atomic mass is 9.81. The molecule has 7 heteroatoms. The molecule has 1 aliphatic rings. The third-order valence-corrected chi connectivity index (χ3v) is 5.88. The van der Waals surface area contributed by atoms with Gasteiger partial charge in [0.25, 0.3) is 10.0 Å². The number of nitrogens with two attached hydrogens (primary N) is 1. The van der Waals surface area contributed by atoms with Gasteiger partial charge in [-0.15, -0.1) is 0 Å². The monoisotopic (exact) mass is 286 g/mol. The van der Waals surface area contributed by atoms with Crippen LogP contribution in [0.4, 0.5) is 0 Å². The van der Waals surface area contributed by atoms with Crippen LogP contribution in [0.3, 0.4) is 0 Å². The highest BCUT2D eigenvalue weighted by atomic mass is 32.2. The van der Waals surface area contributed by atoms with Crippen molar-refractivity contribution in [2.24, 2.45) is 18.2 Å². The maximum atomic E-state index is 12.5. The van der Waals surface area contributed by atoms with Crippen LogP contribution in [-0.2, 0) is 17.1 Å². The maximum absolute atomic E-state index is 12.5. The Kier molecular flexibility index (Phi) is 3.72. The summed E-state index contributed by atoms with van der Waals surface area (Å²) in [4.78, 5) is 4.12. The van der Waals surface area contributed by atoms with Crippen molar-refractivity contribution in [3.63, 3.8) is 0 Å². The van der Waals surface area contributed by atoms with Crippen molar-refractivity contribution in [3.8, 4) is 0 Å². The predicted molar refractivity (Wildman–Crippen MR) is 73.1 cm³/mol. The second-order valence-electron chi connectivity index (χ2n) is 5.66. The van der Waals surface area contributed by atoms with Gasteiger partial charge in [0.2, 0.25) is 0 Å². The topological polar surface area (TPSA) is 81.2 Å². The normalized spacial score (nSPS) is 20.6. The summed E-state index contributed by atoms with van der Waals surface area (Å²) in [5.41, 5.74) is 5.80. The fourth-order valence-corrected chi connectivity index (χ4v) is 3.72. The van der Waals surface area contributed by atoms with E-state index in [0.717, 1.165) is 12.8 Å². The summed E-state index contributed by atoms with van der Waals surface area (Å²) in [6.45, 7) is 5.55. The molecular weight excluding hydrogens is 264 g/mol. The quantitative estimate of drug-likeness (QED) is 0.876. The van der Waals surface area contributed by atoms with E-state index in [9.17, 15) is 8.42 Å². The average Bonchev–Trinajstić information content (AvgIpc) is 2.71. The summed E-state index contributed by atoms with van der Waals surface area (Å²) in [6, 6.07) is 0. The zero-order valence-electron chi connectivity index (χ0n) is 11.8. The molecule has 0 radical (unpaired) electrons. The largest absolute Gasteiger partial charge is 0.337 e. The minimum absolute atomic E-state index is 0.0616. The summed E-state index contributed by atoms with van der Waals surface area (Å²) in [6.07, 6.45) is 3.17. The zero-order valence-corrected chi connectivity index (χ0v) is 12.6. The van der Waals surface area contributed by atoms with E-state index in [0.29, 0.717) is 25.5 Å². The molecule has 1 saturated heterocycles. The Labute approximate surface area is 114 Å². The molecule has 6 nitrogen and oxygen atoms in total. The molecule has 0 aromatic carbocycles. The molecule has 2 rings (SSSR count). The minimum atomic E-state index is -3.46. The molecule has 0 spiro atoms. The highest BCUT2D eigenvalue weighted by Gasteiger charge is 2.35. The molecule has 108 valence electrons. The summed E-state index contributed by atoms with van der Waals surface area (Å²) in [5.74, 6) is 0.697. The van der Waals surface area contributed by atoms with Crippen molar-refractivity contribution in [1.29, 1.82) is 0 Å². The molecule has 0 unspecified atom stereocenters. The molecule has 0 aliphatic carbocycles. The molecule has 2 heterocycles. The van der Waals surface area contributed by atoms with E-state index in [1.165, 1.54) is 4.31 Å². The standard InChI is InChI=1S/C12H22N4O2S/c1-10-14-11(8-15(10)3)19(17,18)16-6-4-12(2,9-13)5-7-16/h8H,4-7,9,13H2,1-3H3. The Hall–Kier alpha value is -0.920. The third kappa shape index (κ3) is 2.68. The first-order valence-electron chi connectivity index (χ1n) is 6.49. The summed E-state index contributed by atoms with van der Waals surface area (Å²) >= 11 is 0. The third-order valence-electron chi connectivity index (χ3n) is 4.11. The number of aromatic nitrogens is 2. The number of imidazole rings is 1. The van der Waals surface area contributed by atoms with Gasteiger partial charge < -0.3 is 10.3 Å². The van der Waals surface area contributed by atoms with Gasteiger partial charge >= 0.3 is 0 Å². The second-order valence-corrected chi connectivity index (χ2v) is 7.54. The molecule has 19 heavy (non-hydrogen) atoms. The van der Waals surface area contributed by atoms with Gasteiger partial charge in [-0.2, -0.15) is 4.31 Å². The average molecular weight is 286 g/mol. The van der Waals surface area contributed by atoms with E-state index in [-0.39, 0.29) is 10.4 Å². The highest BCUT2D eigenvalue weighted by Crippen LogP contribution is 2.31. The number of nitrogens with zero attached hydrogens (tertiary/aromatic N) is 3. The first-order valence-corrected chi connectivity index (χ1v) is 7.93. The lowest BCUT2D eigenvalue weighted by molar-refractivity contribution is 0.182. The van der Waals surface area contributed by atoms with Crippen LogP contribution in [0, 0.1) is 12.3 Å². The van der Waals surface area contributed by atoms with E-state index in [4.69, 9.17) is 5.73 Å². The van der Waals surface area contributed by atoms with Gasteiger partial charge in [0.1, 0.15) is 5.82 Å². The van der Waals surface area contributed by atoms with Crippen molar-refractivity contribution >= 4 is 10.0 Å². The summed E-state index contributed by atoms with van der Waals surface area (Å²) in [7, 11) is -1.67. The fraction of sp³-hybridized carbons (Fsp3) is 0.750. The smallest absolute Gasteiger partial charge is 0.262 e. The van der Waals surface area contributed by atoms with Crippen molar-refractivity contribution in [3.05, 3.63) is 12.0 Å². The van der Waals surface area contributed by atoms with E-state index in [1.807, 2.05) is 0 Å². The molecule has 1 aliphatic heterocycles. The minimum Gasteiger partial charge on any atom is -0.337 e. The lowest BCUT2D eigenvalue weighted by Gasteiger charge is -2.37. The molecule has 1 aromatic heterocycles. The van der Waals surface area contributed by atoms with Crippen LogP contribution in [0.5, 0.6) is 0 Å².